The Balaban J connectivity index is 1.37. The number of hydrogen-bond donors (Lipinski definition) is 1. The molecule has 1 aliphatic carbocycles. The third-order valence-electron chi connectivity index (χ3n) is 5.52. The molecule has 6 heteroatoms. The van der Waals surface area contributed by atoms with E-state index in [-0.39, 0.29) is 17.7 Å². The third kappa shape index (κ3) is 4.21. The minimum Gasteiger partial charge on any atom is -0.352 e. The van der Waals surface area contributed by atoms with Crippen LogP contribution in [-0.4, -0.2) is 34.8 Å². The summed E-state index contributed by atoms with van der Waals surface area (Å²) in [6, 6.07) is 5.87. The summed E-state index contributed by atoms with van der Waals surface area (Å²) in [5.74, 6) is 0.271. The van der Waals surface area contributed by atoms with Gasteiger partial charge in [-0.2, -0.15) is 0 Å². The highest BCUT2D eigenvalue weighted by Gasteiger charge is 2.28. The van der Waals surface area contributed by atoms with Crippen molar-refractivity contribution in [3.63, 3.8) is 0 Å². The van der Waals surface area contributed by atoms with Crippen LogP contribution in [0.2, 0.25) is 0 Å². The quantitative estimate of drug-likeness (QED) is 0.882. The fourth-order valence-corrected chi connectivity index (χ4v) is 5.12. The minimum absolute atomic E-state index is 0.00752. The standard InChI is InChI=1S/C21H25N3O2S/c25-20(23-14-15-6-8-22-9-7-15)16-4-5-18-17(12-16)13-19(27-18)21(26)24-10-2-1-3-11-24/h6-9,13,16H,1-5,10-12,14H2,(H,23,25). The normalized spacial score (nSPS) is 19.4. The van der Waals surface area contributed by atoms with E-state index in [4.69, 9.17) is 0 Å². The van der Waals surface area contributed by atoms with E-state index >= 15 is 0 Å². The Kier molecular flexibility index (Phi) is 5.53. The Bertz CT molecular complexity index is 812. The zero-order valence-electron chi connectivity index (χ0n) is 15.4. The number of aromatic nitrogens is 1. The Hall–Kier alpha value is -2.21. The second kappa shape index (κ2) is 8.21. The molecule has 1 N–H and O–H groups in total. The maximum absolute atomic E-state index is 12.7. The lowest BCUT2D eigenvalue weighted by molar-refractivity contribution is -0.125. The van der Waals surface area contributed by atoms with E-state index in [0.717, 1.165) is 55.6 Å². The topological polar surface area (TPSA) is 62.3 Å². The van der Waals surface area contributed by atoms with Crippen LogP contribution in [0, 0.1) is 5.92 Å². The summed E-state index contributed by atoms with van der Waals surface area (Å²) in [5.41, 5.74) is 2.25. The van der Waals surface area contributed by atoms with Crippen LogP contribution in [0.5, 0.6) is 0 Å². The van der Waals surface area contributed by atoms with E-state index in [0.29, 0.717) is 6.54 Å². The predicted molar refractivity (Wildman–Crippen MR) is 106 cm³/mol. The number of pyridine rings is 1. The van der Waals surface area contributed by atoms with Gasteiger partial charge in [-0.15, -0.1) is 11.3 Å². The lowest BCUT2D eigenvalue weighted by atomic mass is 9.87. The van der Waals surface area contributed by atoms with E-state index in [2.05, 4.69) is 10.3 Å². The van der Waals surface area contributed by atoms with Gasteiger partial charge in [0.15, 0.2) is 0 Å². The van der Waals surface area contributed by atoms with Crippen LogP contribution in [0.4, 0.5) is 0 Å². The highest BCUT2D eigenvalue weighted by molar-refractivity contribution is 7.14. The lowest BCUT2D eigenvalue weighted by Gasteiger charge is -2.26. The molecule has 0 radical (unpaired) electrons. The summed E-state index contributed by atoms with van der Waals surface area (Å²) < 4.78 is 0. The van der Waals surface area contributed by atoms with Crippen molar-refractivity contribution in [1.82, 2.24) is 15.2 Å². The van der Waals surface area contributed by atoms with Crippen LogP contribution in [0.15, 0.2) is 30.6 Å². The fourth-order valence-electron chi connectivity index (χ4n) is 3.94. The van der Waals surface area contributed by atoms with Crippen molar-refractivity contribution in [1.29, 1.82) is 0 Å². The number of hydrogen-bond acceptors (Lipinski definition) is 4. The molecule has 3 heterocycles. The summed E-state index contributed by atoms with van der Waals surface area (Å²) >= 11 is 1.63. The Labute approximate surface area is 163 Å². The van der Waals surface area contributed by atoms with Gasteiger partial charge in [0.05, 0.1) is 4.88 Å². The van der Waals surface area contributed by atoms with Gasteiger partial charge < -0.3 is 10.2 Å². The van der Waals surface area contributed by atoms with Crippen molar-refractivity contribution in [2.24, 2.45) is 5.92 Å². The number of carbonyl (C=O) groups excluding carboxylic acids is 2. The minimum atomic E-state index is -0.00752. The van der Waals surface area contributed by atoms with Gasteiger partial charge in [0, 0.05) is 42.8 Å². The van der Waals surface area contributed by atoms with Crippen molar-refractivity contribution in [2.75, 3.05) is 13.1 Å². The average molecular weight is 384 g/mol. The van der Waals surface area contributed by atoms with Crippen LogP contribution >= 0.6 is 11.3 Å². The van der Waals surface area contributed by atoms with Gasteiger partial charge in [-0.05, 0) is 67.9 Å². The highest BCUT2D eigenvalue weighted by atomic mass is 32.1. The predicted octanol–water partition coefficient (Wildman–Crippen LogP) is 3.19. The number of rotatable bonds is 4. The van der Waals surface area contributed by atoms with E-state index in [1.165, 1.54) is 16.9 Å². The number of carbonyl (C=O) groups is 2. The van der Waals surface area contributed by atoms with Gasteiger partial charge in [-0.1, -0.05) is 0 Å². The average Bonchev–Trinajstić information content (AvgIpc) is 3.16. The van der Waals surface area contributed by atoms with Crippen LogP contribution in [0.25, 0.3) is 0 Å². The van der Waals surface area contributed by atoms with Gasteiger partial charge in [-0.3, -0.25) is 14.6 Å². The first-order chi connectivity index (χ1) is 13.2. The third-order valence-corrected chi connectivity index (χ3v) is 6.75. The summed E-state index contributed by atoms with van der Waals surface area (Å²) in [6.45, 7) is 2.29. The van der Waals surface area contributed by atoms with Gasteiger partial charge in [0.25, 0.3) is 5.91 Å². The number of amides is 2. The number of thiophene rings is 1. The first kappa shape index (κ1) is 18.2. The first-order valence-electron chi connectivity index (χ1n) is 9.78. The van der Waals surface area contributed by atoms with Gasteiger partial charge >= 0.3 is 0 Å². The summed E-state index contributed by atoms with van der Waals surface area (Å²) in [5, 5.41) is 3.04. The second-order valence-corrected chi connectivity index (χ2v) is 8.56. The largest absolute Gasteiger partial charge is 0.352 e. The molecule has 0 aromatic carbocycles. The molecule has 2 amide bonds. The van der Waals surface area contributed by atoms with Crippen LogP contribution in [0.3, 0.4) is 0 Å². The summed E-state index contributed by atoms with van der Waals surface area (Å²) in [4.78, 5) is 33.4. The van der Waals surface area contributed by atoms with Crippen molar-refractivity contribution in [2.45, 2.75) is 45.1 Å². The molecule has 4 rings (SSSR count). The Morgan fingerprint density at radius 3 is 2.74 bits per heavy atom. The number of aryl methyl sites for hydroxylation is 1. The van der Waals surface area contributed by atoms with E-state index < -0.39 is 0 Å². The van der Waals surface area contributed by atoms with Gasteiger partial charge in [0.1, 0.15) is 0 Å². The number of nitrogens with one attached hydrogen (secondary N) is 1. The Morgan fingerprint density at radius 2 is 1.96 bits per heavy atom. The molecule has 1 unspecified atom stereocenters. The zero-order valence-corrected chi connectivity index (χ0v) is 16.3. The van der Waals surface area contributed by atoms with Crippen molar-refractivity contribution in [3.05, 3.63) is 51.5 Å². The van der Waals surface area contributed by atoms with Crippen LogP contribution in [0.1, 0.15) is 51.4 Å². The SMILES string of the molecule is O=C(NCc1ccncc1)C1CCc2sc(C(=O)N3CCCCC3)cc2C1. The molecule has 27 heavy (non-hydrogen) atoms. The van der Waals surface area contributed by atoms with Crippen molar-refractivity contribution < 1.29 is 9.59 Å². The molecule has 1 aliphatic heterocycles. The molecule has 0 saturated carbocycles. The van der Waals surface area contributed by atoms with Gasteiger partial charge in [0.2, 0.25) is 5.91 Å². The first-order valence-corrected chi connectivity index (χ1v) is 10.6. The maximum atomic E-state index is 12.7. The fraction of sp³-hybridized carbons (Fsp3) is 0.476. The Morgan fingerprint density at radius 1 is 1.19 bits per heavy atom. The van der Waals surface area contributed by atoms with Crippen LogP contribution < -0.4 is 5.32 Å². The smallest absolute Gasteiger partial charge is 0.263 e. The molecule has 2 aromatic rings. The number of likely N-dealkylation sites (tertiary alicyclic amines) is 1. The highest BCUT2D eigenvalue weighted by Crippen LogP contribution is 2.33. The molecule has 2 aliphatic rings. The molecular weight excluding hydrogens is 358 g/mol. The molecule has 142 valence electrons. The lowest BCUT2D eigenvalue weighted by Crippen LogP contribution is -2.35. The number of fused-ring (bicyclic) bond motifs is 1. The van der Waals surface area contributed by atoms with E-state index in [1.54, 1.807) is 23.7 Å². The second-order valence-electron chi connectivity index (χ2n) is 7.42. The van der Waals surface area contributed by atoms with E-state index in [1.807, 2.05) is 23.1 Å². The van der Waals surface area contributed by atoms with E-state index in [9.17, 15) is 9.59 Å². The molecule has 5 nitrogen and oxygen atoms in total. The molecule has 2 aromatic heterocycles. The van der Waals surface area contributed by atoms with Crippen LogP contribution in [-0.2, 0) is 24.2 Å². The summed E-state index contributed by atoms with van der Waals surface area (Å²) in [7, 11) is 0. The molecule has 1 saturated heterocycles. The number of nitrogens with zero attached hydrogens (tertiary/aromatic N) is 2. The molecule has 0 bridgehead atoms. The monoisotopic (exact) mass is 383 g/mol. The van der Waals surface area contributed by atoms with Crippen molar-refractivity contribution >= 4 is 23.2 Å². The zero-order chi connectivity index (χ0) is 18.6. The molecule has 1 fully saturated rings. The number of piperidine rings is 1. The summed E-state index contributed by atoms with van der Waals surface area (Å²) in [6.07, 6.45) is 9.39. The maximum Gasteiger partial charge on any atom is 0.263 e. The molecule has 1 atom stereocenters. The molecule has 0 spiro atoms. The van der Waals surface area contributed by atoms with Crippen molar-refractivity contribution in [3.8, 4) is 0 Å². The van der Waals surface area contributed by atoms with Gasteiger partial charge in [-0.25, -0.2) is 0 Å². The molecular formula is C21H25N3O2S.